The van der Waals surface area contributed by atoms with Gasteiger partial charge in [0.1, 0.15) is 0 Å². The number of hydrogen-bond acceptors (Lipinski definition) is 2. The summed E-state index contributed by atoms with van der Waals surface area (Å²) in [6.45, 7) is 18.0. The second-order valence-electron chi connectivity index (χ2n) is 6.89. The Morgan fingerprint density at radius 3 is 2.65 bits per heavy atom. The third kappa shape index (κ3) is 5.39. The van der Waals surface area contributed by atoms with E-state index in [1.165, 1.54) is 45.6 Å². The first-order chi connectivity index (χ1) is 7.93. The van der Waals surface area contributed by atoms with Crippen LogP contribution in [-0.2, 0) is 0 Å². The lowest BCUT2D eigenvalue weighted by atomic mass is 9.82. The van der Waals surface area contributed by atoms with Crippen molar-refractivity contribution in [3.63, 3.8) is 0 Å². The van der Waals surface area contributed by atoms with Crippen LogP contribution in [0, 0.1) is 17.3 Å². The van der Waals surface area contributed by atoms with Crippen LogP contribution in [-0.4, -0.2) is 37.6 Å². The van der Waals surface area contributed by atoms with Crippen molar-refractivity contribution in [3.8, 4) is 0 Å². The van der Waals surface area contributed by atoms with Gasteiger partial charge in [0.2, 0.25) is 0 Å². The molecule has 1 heterocycles. The third-order valence-corrected chi connectivity index (χ3v) is 4.24. The molecule has 1 aliphatic rings. The number of hydrogen-bond donors (Lipinski definition) is 1. The lowest BCUT2D eigenvalue weighted by molar-refractivity contribution is 0.179. The first-order valence-electron chi connectivity index (χ1n) is 7.36. The van der Waals surface area contributed by atoms with Gasteiger partial charge in [-0.05, 0) is 49.7 Å². The summed E-state index contributed by atoms with van der Waals surface area (Å²) in [5.74, 6) is 1.67. The lowest BCUT2D eigenvalue weighted by Crippen LogP contribution is -2.33. The highest BCUT2D eigenvalue weighted by Gasteiger charge is 2.27. The molecule has 17 heavy (non-hydrogen) atoms. The molecule has 0 spiro atoms. The van der Waals surface area contributed by atoms with Crippen LogP contribution in [0.1, 0.15) is 47.5 Å². The molecule has 0 aromatic heterocycles. The number of likely N-dealkylation sites (tertiary alicyclic amines) is 1. The van der Waals surface area contributed by atoms with E-state index in [4.69, 9.17) is 0 Å². The molecule has 2 heteroatoms. The van der Waals surface area contributed by atoms with E-state index >= 15 is 0 Å². The molecule has 0 aromatic rings. The highest BCUT2D eigenvalue weighted by atomic mass is 15.2. The fourth-order valence-electron chi connectivity index (χ4n) is 2.39. The Hall–Kier alpha value is -0.0800. The summed E-state index contributed by atoms with van der Waals surface area (Å²) in [5.41, 5.74) is 0.443. The Labute approximate surface area is 108 Å². The quantitative estimate of drug-likeness (QED) is 0.718. The van der Waals surface area contributed by atoms with E-state index in [-0.39, 0.29) is 0 Å². The van der Waals surface area contributed by atoms with Gasteiger partial charge >= 0.3 is 0 Å². The van der Waals surface area contributed by atoms with Crippen molar-refractivity contribution in [1.29, 1.82) is 0 Å². The van der Waals surface area contributed by atoms with Crippen molar-refractivity contribution in [2.75, 3.05) is 32.7 Å². The molecule has 2 unspecified atom stereocenters. The Kier molecular flexibility index (Phi) is 5.94. The predicted octanol–water partition coefficient (Wildman–Crippen LogP) is 2.99. The molecule has 2 atom stereocenters. The van der Waals surface area contributed by atoms with Gasteiger partial charge in [0, 0.05) is 13.1 Å². The maximum absolute atomic E-state index is 3.55. The normalized spacial score (nSPS) is 24.2. The van der Waals surface area contributed by atoms with E-state index in [0.717, 1.165) is 11.8 Å². The van der Waals surface area contributed by atoms with Crippen LogP contribution in [0.2, 0.25) is 0 Å². The molecular weight excluding hydrogens is 208 g/mol. The molecule has 0 radical (unpaired) electrons. The lowest BCUT2D eigenvalue weighted by Gasteiger charge is -2.31. The van der Waals surface area contributed by atoms with Crippen molar-refractivity contribution in [3.05, 3.63) is 0 Å². The SMILES string of the molecule is CCCNCC1CCN(CC(C)C(C)(C)C)C1. The van der Waals surface area contributed by atoms with Gasteiger partial charge in [0.25, 0.3) is 0 Å². The summed E-state index contributed by atoms with van der Waals surface area (Å²) in [6.07, 6.45) is 2.63. The largest absolute Gasteiger partial charge is 0.316 e. The smallest absolute Gasteiger partial charge is 0.00224 e. The van der Waals surface area contributed by atoms with Crippen molar-refractivity contribution >= 4 is 0 Å². The fraction of sp³-hybridized carbons (Fsp3) is 1.00. The first-order valence-corrected chi connectivity index (χ1v) is 7.36. The molecule has 102 valence electrons. The monoisotopic (exact) mass is 240 g/mol. The van der Waals surface area contributed by atoms with E-state index in [1.807, 2.05) is 0 Å². The first kappa shape index (κ1) is 15.0. The topological polar surface area (TPSA) is 15.3 Å². The van der Waals surface area contributed by atoms with E-state index in [9.17, 15) is 0 Å². The average molecular weight is 240 g/mol. The third-order valence-electron chi connectivity index (χ3n) is 4.24. The van der Waals surface area contributed by atoms with Gasteiger partial charge in [-0.1, -0.05) is 34.6 Å². The van der Waals surface area contributed by atoms with Gasteiger partial charge in [-0.2, -0.15) is 0 Å². The van der Waals surface area contributed by atoms with E-state index in [0.29, 0.717) is 5.41 Å². The Bertz CT molecular complexity index is 207. The molecule has 0 amide bonds. The Morgan fingerprint density at radius 1 is 1.35 bits per heavy atom. The van der Waals surface area contributed by atoms with Crippen molar-refractivity contribution in [2.24, 2.45) is 17.3 Å². The van der Waals surface area contributed by atoms with Crippen molar-refractivity contribution in [1.82, 2.24) is 10.2 Å². The zero-order valence-corrected chi connectivity index (χ0v) is 12.6. The summed E-state index contributed by atoms with van der Waals surface area (Å²) in [6, 6.07) is 0. The minimum absolute atomic E-state index is 0.443. The molecule has 0 bridgehead atoms. The van der Waals surface area contributed by atoms with Crippen molar-refractivity contribution < 1.29 is 0 Å². The zero-order chi connectivity index (χ0) is 12.9. The molecular formula is C15H32N2. The van der Waals surface area contributed by atoms with Crippen LogP contribution >= 0.6 is 0 Å². The molecule has 2 nitrogen and oxygen atoms in total. The predicted molar refractivity (Wildman–Crippen MR) is 76.3 cm³/mol. The standard InChI is InChI=1S/C15H32N2/c1-6-8-16-10-14-7-9-17(12-14)11-13(2)15(3,4)5/h13-14,16H,6-12H2,1-5H3. The van der Waals surface area contributed by atoms with Gasteiger partial charge < -0.3 is 10.2 Å². The fourth-order valence-corrected chi connectivity index (χ4v) is 2.39. The van der Waals surface area contributed by atoms with Crippen molar-refractivity contribution in [2.45, 2.75) is 47.5 Å². The highest BCUT2D eigenvalue weighted by molar-refractivity contribution is 4.81. The molecule has 1 fully saturated rings. The summed E-state index contributed by atoms with van der Waals surface area (Å²) >= 11 is 0. The number of rotatable bonds is 6. The van der Waals surface area contributed by atoms with Crippen LogP contribution in [0.15, 0.2) is 0 Å². The molecule has 1 aliphatic heterocycles. The van der Waals surface area contributed by atoms with Gasteiger partial charge in [-0.25, -0.2) is 0 Å². The van der Waals surface area contributed by atoms with Crippen LogP contribution in [0.25, 0.3) is 0 Å². The maximum atomic E-state index is 3.55. The molecule has 0 aliphatic carbocycles. The number of nitrogens with zero attached hydrogens (tertiary/aromatic N) is 1. The van der Waals surface area contributed by atoms with Gasteiger partial charge in [0.05, 0.1) is 0 Å². The van der Waals surface area contributed by atoms with Gasteiger partial charge in [-0.3, -0.25) is 0 Å². The van der Waals surface area contributed by atoms with Gasteiger partial charge in [0.15, 0.2) is 0 Å². The van der Waals surface area contributed by atoms with E-state index in [2.05, 4.69) is 44.8 Å². The maximum Gasteiger partial charge on any atom is 0.00224 e. The van der Waals surface area contributed by atoms with Gasteiger partial charge in [-0.15, -0.1) is 0 Å². The summed E-state index contributed by atoms with van der Waals surface area (Å²) in [5, 5.41) is 3.55. The summed E-state index contributed by atoms with van der Waals surface area (Å²) < 4.78 is 0. The minimum atomic E-state index is 0.443. The molecule has 1 N–H and O–H groups in total. The minimum Gasteiger partial charge on any atom is -0.316 e. The average Bonchev–Trinajstić information content (AvgIpc) is 2.65. The molecule has 1 rings (SSSR count). The van der Waals surface area contributed by atoms with Crippen LogP contribution in [0.4, 0.5) is 0 Å². The zero-order valence-electron chi connectivity index (χ0n) is 12.6. The molecule has 1 saturated heterocycles. The Morgan fingerprint density at radius 2 is 2.06 bits per heavy atom. The highest BCUT2D eigenvalue weighted by Crippen LogP contribution is 2.27. The summed E-state index contributed by atoms with van der Waals surface area (Å²) in [7, 11) is 0. The van der Waals surface area contributed by atoms with Crippen LogP contribution < -0.4 is 5.32 Å². The second kappa shape index (κ2) is 6.75. The molecule has 0 aromatic carbocycles. The Balaban J connectivity index is 2.21. The van der Waals surface area contributed by atoms with Crippen LogP contribution in [0.5, 0.6) is 0 Å². The molecule has 0 saturated carbocycles. The van der Waals surface area contributed by atoms with Crippen LogP contribution in [0.3, 0.4) is 0 Å². The number of nitrogens with one attached hydrogen (secondary N) is 1. The van der Waals surface area contributed by atoms with E-state index < -0.39 is 0 Å². The second-order valence-corrected chi connectivity index (χ2v) is 6.89. The van der Waals surface area contributed by atoms with E-state index in [1.54, 1.807) is 0 Å². The summed E-state index contributed by atoms with van der Waals surface area (Å²) in [4.78, 5) is 2.66.